The molecule has 1 aromatic carbocycles. The van der Waals surface area contributed by atoms with Gasteiger partial charge in [-0.1, -0.05) is 6.07 Å². The number of hydrogen-bond donors (Lipinski definition) is 1. The molecule has 8 heteroatoms. The Morgan fingerprint density at radius 3 is 2.54 bits per heavy atom. The van der Waals surface area contributed by atoms with Gasteiger partial charge in [0, 0.05) is 31.2 Å². The largest absolute Gasteiger partial charge is 0.467 e. The summed E-state index contributed by atoms with van der Waals surface area (Å²) in [5.41, 5.74) is 2.69. The van der Waals surface area contributed by atoms with Gasteiger partial charge in [0.25, 0.3) is 5.91 Å². The van der Waals surface area contributed by atoms with E-state index in [1.165, 1.54) is 26.2 Å². The SMILES string of the molecule is Cc1cc(C(=O)Nc2cccc(S(=O)(=O)N(C)C)c2)c(C)n1Cc1ccco1. The van der Waals surface area contributed by atoms with Crippen molar-refractivity contribution in [3.8, 4) is 0 Å². The van der Waals surface area contributed by atoms with Crippen molar-refractivity contribution in [3.63, 3.8) is 0 Å². The Balaban J connectivity index is 1.84. The van der Waals surface area contributed by atoms with Crippen LogP contribution in [0.25, 0.3) is 0 Å². The molecule has 2 heterocycles. The lowest BCUT2D eigenvalue weighted by atomic mass is 10.2. The van der Waals surface area contributed by atoms with Gasteiger partial charge in [-0.25, -0.2) is 12.7 Å². The molecule has 0 aliphatic rings. The number of furan rings is 1. The van der Waals surface area contributed by atoms with Gasteiger partial charge in [-0.2, -0.15) is 0 Å². The van der Waals surface area contributed by atoms with E-state index >= 15 is 0 Å². The highest BCUT2D eigenvalue weighted by Crippen LogP contribution is 2.21. The van der Waals surface area contributed by atoms with Crippen LogP contribution in [0.2, 0.25) is 0 Å². The first-order chi connectivity index (χ1) is 13.2. The molecule has 3 aromatic rings. The third-order valence-corrected chi connectivity index (χ3v) is 6.39. The number of sulfonamides is 1. The average Bonchev–Trinajstić information content (AvgIpc) is 3.25. The minimum Gasteiger partial charge on any atom is -0.467 e. The number of carbonyl (C=O) groups excluding carboxylic acids is 1. The van der Waals surface area contributed by atoms with Crippen LogP contribution < -0.4 is 5.32 Å². The number of benzene rings is 1. The highest BCUT2D eigenvalue weighted by Gasteiger charge is 2.19. The van der Waals surface area contributed by atoms with E-state index in [1.807, 2.05) is 36.6 Å². The fraction of sp³-hybridized carbons (Fsp3) is 0.250. The van der Waals surface area contributed by atoms with E-state index in [9.17, 15) is 13.2 Å². The molecule has 0 saturated carbocycles. The number of aryl methyl sites for hydroxylation is 1. The van der Waals surface area contributed by atoms with Crippen molar-refractivity contribution in [1.29, 1.82) is 0 Å². The van der Waals surface area contributed by atoms with Crippen molar-refractivity contribution >= 4 is 21.6 Å². The zero-order valence-electron chi connectivity index (χ0n) is 16.3. The summed E-state index contributed by atoms with van der Waals surface area (Å²) in [5.74, 6) is 0.508. The van der Waals surface area contributed by atoms with Crippen LogP contribution in [0.15, 0.2) is 58.0 Å². The summed E-state index contributed by atoms with van der Waals surface area (Å²) in [6.07, 6.45) is 1.62. The minimum absolute atomic E-state index is 0.124. The second-order valence-corrected chi connectivity index (χ2v) is 8.87. The molecular weight excluding hydrogens is 378 g/mol. The van der Waals surface area contributed by atoms with E-state index in [2.05, 4.69) is 5.32 Å². The fourth-order valence-electron chi connectivity index (χ4n) is 2.98. The van der Waals surface area contributed by atoms with Gasteiger partial charge in [-0.15, -0.1) is 0 Å². The van der Waals surface area contributed by atoms with Crippen LogP contribution in [-0.2, 0) is 16.6 Å². The molecule has 0 aliphatic heterocycles. The van der Waals surface area contributed by atoms with Crippen molar-refractivity contribution in [2.75, 3.05) is 19.4 Å². The maximum atomic E-state index is 12.8. The summed E-state index contributed by atoms with van der Waals surface area (Å²) in [5, 5.41) is 2.79. The number of aromatic nitrogens is 1. The molecule has 1 amide bonds. The maximum absolute atomic E-state index is 12.8. The first kappa shape index (κ1) is 19.9. The molecule has 0 unspecified atom stereocenters. The van der Waals surface area contributed by atoms with E-state index in [0.717, 1.165) is 21.5 Å². The third-order valence-electron chi connectivity index (χ3n) is 4.58. The number of nitrogens with zero attached hydrogens (tertiary/aromatic N) is 2. The van der Waals surface area contributed by atoms with Crippen molar-refractivity contribution < 1.29 is 17.6 Å². The van der Waals surface area contributed by atoms with Gasteiger partial charge in [0.15, 0.2) is 0 Å². The standard InChI is InChI=1S/C20H23N3O4S/c1-14-11-19(15(2)23(14)13-17-8-6-10-27-17)20(24)21-16-7-5-9-18(12-16)28(25,26)22(3)4/h5-12H,13H2,1-4H3,(H,21,24). The molecule has 7 nitrogen and oxygen atoms in total. The van der Waals surface area contributed by atoms with E-state index < -0.39 is 10.0 Å². The molecule has 148 valence electrons. The third kappa shape index (κ3) is 3.88. The molecule has 3 rings (SSSR count). The van der Waals surface area contributed by atoms with Crippen molar-refractivity contribution in [1.82, 2.24) is 8.87 Å². The number of nitrogens with one attached hydrogen (secondary N) is 1. The molecular formula is C20H23N3O4S. The maximum Gasteiger partial charge on any atom is 0.257 e. The Morgan fingerprint density at radius 1 is 1.14 bits per heavy atom. The van der Waals surface area contributed by atoms with Crippen LogP contribution in [0.5, 0.6) is 0 Å². The second kappa shape index (κ2) is 7.65. The van der Waals surface area contributed by atoms with Gasteiger partial charge < -0.3 is 14.3 Å². The van der Waals surface area contributed by atoms with E-state index in [0.29, 0.717) is 17.8 Å². The first-order valence-electron chi connectivity index (χ1n) is 8.73. The van der Waals surface area contributed by atoms with Crippen LogP contribution >= 0.6 is 0 Å². The summed E-state index contributed by atoms with van der Waals surface area (Å²) in [7, 11) is -0.639. The number of anilines is 1. The lowest BCUT2D eigenvalue weighted by molar-refractivity contribution is 0.102. The van der Waals surface area contributed by atoms with E-state index in [-0.39, 0.29) is 10.8 Å². The molecule has 2 aromatic heterocycles. The van der Waals surface area contributed by atoms with Crippen LogP contribution in [0, 0.1) is 13.8 Å². The van der Waals surface area contributed by atoms with Gasteiger partial charge in [0.1, 0.15) is 5.76 Å². The second-order valence-electron chi connectivity index (χ2n) is 6.72. The normalized spacial score (nSPS) is 11.8. The fourth-order valence-corrected chi connectivity index (χ4v) is 3.92. The summed E-state index contributed by atoms with van der Waals surface area (Å²) in [6.45, 7) is 4.34. The van der Waals surface area contributed by atoms with Crippen LogP contribution in [0.1, 0.15) is 27.5 Å². The van der Waals surface area contributed by atoms with Gasteiger partial charge in [-0.05, 0) is 50.2 Å². The molecule has 0 spiro atoms. The highest BCUT2D eigenvalue weighted by molar-refractivity contribution is 7.89. The van der Waals surface area contributed by atoms with Gasteiger partial charge in [-0.3, -0.25) is 4.79 Å². The van der Waals surface area contributed by atoms with Gasteiger partial charge in [0.2, 0.25) is 10.0 Å². The highest BCUT2D eigenvalue weighted by atomic mass is 32.2. The van der Waals surface area contributed by atoms with Gasteiger partial charge in [0.05, 0.1) is 23.3 Å². The Morgan fingerprint density at radius 2 is 1.89 bits per heavy atom. The molecule has 28 heavy (non-hydrogen) atoms. The predicted octanol–water partition coefficient (Wildman–Crippen LogP) is 3.25. The van der Waals surface area contributed by atoms with Crippen LogP contribution in [0.4, 0.5) is 5.69 Å². The Bertz CT molecular complexity index is 1100. The summed E-state index contributed by atoms with van der Waals surface area (Å²) < 4.78 is 33.1. The Kier molecular flexibility index (Phi) is 5.44. The van der Waals surface area contributed by atoms with Crippen LogP contribution in [-0.4, -0.2) is 37.3 Å². The lowest BCUT2D eigenvalue weighted by Gasteiger charge is -2.13. The molecule has 0 atom stereocenters. The molecule has 0 radical (unpaired) electrons. The zero-order valence-corrected chi connectivity index (χ0v) is 17.1. The molecule has 0 aliphatic carbocycles. The predicted molar refractivity (Wildman–Crippen MR) is 107 cm³/mol. The van der Waals surface area contributed by atoms with Crippen molar-refractivity contribution in [3.05, 3.63) is 71.4 Å². The molecule has 0 saturated heterocycles. The average molecular weight is 401 g/mol. The number of hydrogen-bond acceptors (Lipinski definition) is 4. The molecule has 0 bridgehead atoms. The van der Waals surface area contributed by atoms with Gasteiger partial charge >= 0.3 is 0 Å². The lowest BCUT2D eigenvalue weighted by Crippen LogP contribution is -2.22. The van der Waals surface area contributed by atoms with Crippen molar-refractivity contribution in [2.45, 2.75) is 25.3 Å². The van der Waals surface area contributed by atoms with Crippen LogP contribution in [0.3, 0.4) is 0 Å². The monoisotopic (exact) mass is 401 g/mol. The quantitative estimate of drug-likeness (QED) is 0.687. The number of rotatable bonds is 6. The minimum atomic E-state index is -3.57. The number of carbonyl (C=O) groups is 1. The van der Waals surface area contributed by atoms with E-state index in [1.54, 1.807) is 18.4 Å². The summed E-state index contributed by atoms with van der Waals surface area (Å²) in [6, 6.07) is 11.7. The topological polar surface area (TPSA) is 84.5 Å². The Hall–Kier alpha value is -2.84. The molecule has 1 N–H and O–H groups in total. The summed E-state index contributed by atoms with van der Waals surface area (Å²) >= 11 is 0. The van der Waals surface area contributed by atoms with Crippen molar-refractivity contribution in [2.24, 2.45) is 0 Å². The summed E-state index contributed by atoms with van der Waals surface area (Å²) in [4.78, 5) is 12.9. The molecule has 0 fully saturated rings. The van der Waals surface area contributed by atoms with E-state index in [4.69, 9.17) is 4.42 Å². The smallest absolute Gasteiger partial charge is 0.257 e. The zero-order chi connectivity index (χ0) is 20.5. The number of amides is 1. The first-order valence-corrected chi connectivity index (χ1v) is 10.2. The Labute approximate surface area is 164 Å².